The highest BCUT2D eigenvalue weighted by Crippen LogP contribution is 2.37. The fourth-order valence-electron chi connectivity index (χ4n) is 3.70. The molecule has 0 saturated carbocycles. The van der Waals surface area contributed by atoms with Crippen LogP contribution in [0.4, 0.5) is 0 Å². The molecule has 122 valence electrons. The minimum absolute atomic E-state index is 0.174. The van der Waals surface area contributed by atoms with Gasteiger partial charge in [0.05, 0.1) is 18.7 Å². The maximum absolute atomic E-state index is 11.6. The summed E-state index contributed by atoms with van der Waals surface area (Å²) in [5, 5.41) is 1.32. The summed E-state index contributed by atoms with van der Waals surface area (Å²) >= 11 is 0. The molecule has 1 atom stereocenters. The lowest BCUT2D eigenvalue weighted by Crippen LogP contribution is -2.32. The number of rotatable bonds is 2. The zero-order valence-corrected chi connectivity index (χ0v) is 13.9. The Bertz CT molecular complexity index is 896. The van der Waals surface area contributed by atoms with E-state index >= 15 is 0 Å². The number of hydrogen-bond donors (Lipinski definition) is 1. The largest absolute Gasteiger partial charge is 0.465 e. The third-order valence-electron chi connectivity index (χ3n) is 4.92. The minimum Gasteiger partial charge on any atom is -0.465 e. The lowest BCUT2D eigenvalue weighted by atomic mass is 9.92. The molecule has 0 radical (unpaired) electrons. The van der Waals surface area contributed by atoms with Crippen molar-refractivity contribution in [3.05, 3.63) is 70.9 Å². The Hall–Kier alpha value is -2.59. The molecular weight excluding hydrogens is 300 g/mol. The van der Waals surface area contributed by atoms with E-state index in [4.69, 9.17) is 4.74 Å². The van der Waals surface area contributed by atoms with Gasteiger partial charge in [0, 0.05) is 23.1 Å². The molecule has 1 N–H and O–H groups in total. The summed E-state index contributed by atoms with van der Waals surface area (Å²) < 4.78 is 4.78. The Labute approximate surface area is 141 Å². The van der Waals surface area contributed by atoms with Gasteiger partial charge in [-0.2, -0.15) is 0 Å². The first-order valence-corrected chi connectivity index (χ1v) is 8.17. The number of hydrogen-bond acceptors (Lipinski definition) is 3. The summed E-state index contributed by atoms with van der Waals surface area (Å²) in [6.45, 7) is 1.01. The molecule has 2 aromatic carbocycles. The average molecular weight is 320 g/mol. The summed E-state index contributed by atoms with van der Waals surface area (Å²) in [6.07, 6.45) is 1.05. The molecule has 4 heteroatoms. The molecule has 2 heterocycles. The van der Waals surface area contributed by atoms with E-state index < -0.39 is 0 Å². The molecule has 0 saturated heterocycles. The van der Waals surface area contributed by atoms with Crippen molar-refractivity contribution in [3.8, 4) is 0 Å². The number of benzene rings is 2. The Morgan fingerprint density at radius 3 is 2.67 bits per heavy atom. The van der Waals surface area contributed by atoms with Gasteiger partial charge in [-0.1, -0.05) is 30.3 Å². The number of nitrogens with zero attached hydrogens (tertiary/aromatic N) is 1. The minimum atomic E-state index is -0.301. The van der Waals surface area contributed by atoms with Crippen molar-refractivity contribution >= 4 is 16.9 Å². The molecule has 1 aliphatic rings. The number of methoxy groups -OCH3 is 1. The first kappa shape index (κ1) is 15.0. The van der Waals surface area contributed by atoms with Crippen LogP contribution in [0.25, 0.3) is 10.9 Å². The van der Waals surface area contributed by atoms with E-state index in [0.29, 0.717) is 5.56 Å². The Kier molecular flexibility index (Phi) is 3.62. The molecule has 0 fully saturated rings. The van der Waals surface area contributed by atoms with E-state index in [1.807, 2.05) is 24.3 Å². The van der Waals surface area contributed by atoms with Gasteiger partial charge in [-0.3, -0.25) is 4.90 Å². The number of fused-ring (bicyclic) bond motifs is 3. The van der Waals surface area contributed by atoms with Crippen LogP contribution in [0.1, 0.15) is 33.2 Å². The van der Waals surface area contributed by atoms with Gasteiger partial charge in [-0.15, -0.1) is 0 Å². The van der Waals surface area contributed by atoms with E-state index in [2.05, 4.69) is 41.2 Å². The molecular formula is C20H20N2O2. The monoisotopic (exact) mass is 320 g/mol. The number of H-pyrrole nitrogens is 1. The number of carbonyl (C=O) groups excluding carboxylic acids is 1. The third kappa shape index (κ3) is 2.31. The Morgan fingerprint density at radius 2 is 1.92 bits per heavy atom. The number of esters is 1. The number of carbonyl (C=O) groups is 1. The van der Waals surface area contributed by atoms with E-state index in [1.54, 1.807) is 0 Å². The van der Waals surface area contributed by atoms with Gasteiger partial charge in [0.15, 0.2) is 0 Å². The summed E-state index contributed by atoms with van der Waals surface area (Å²) in [7, 11) is 3.55. The Morgan fingerprint density at radius 1 is 1.17 bits per heavy atom. The molecule has 0 aliphatic carbocycles. The lowest BCUT2D eigenvalue weighted by Gasteiger charge is -2.33. The topological polar surface area (TPSA) is 45.3 Å². The molecule has 24 heavy (non-hydrogen) atoms. The van der Waals surface area contributed by atoms with Crippen molar-refractivity contribution in [2.45, 2.75) is 12.5 Å². The number of para-hydroxylation sites is 1. The highest BCUT2D eigenvalue weighted by atomic mass is 16.5. The van der Waals surface area contributed by atoms with Gasteiger partial charge in [-0.05, 0) is 42.8 Å². The second-order valence-electron chi connectivity index (χ2n) is 6.31. The van der Waals surface area contributed by atoms with E-state index in [-0.39, 0.29) is 12.0 Å². The standard InChI is InChI=1S/C20H20N2O2/c1-22-12-11-16-15-5-3-4-6-17(15)21-18(16)19(22)13-7-9-14(10-8-13)20(23)24-2/h3-10,19,21H,11-12H2,1-2H3. The predicted octanol–water partition coefficient (Wildman–Crippen LogP) is 3.53. The Balaban J connectivity index is 1.79. The van der Waals surface area contributed by atoms with Gasteiger partial charge in [-0.25, -0.2) is 4.79 Å². The first-order chi connectivity index (χ1) is 11.7. The number of ether oxygens (including phenoxy) is 1. The van der Waals surface area contributed by atoms with Crippen molar-refractivity contribution in [1.82, 2.24) is 9.88 Å². The van der Waals surface area contributed by atoms with E-state index in [9.17, 15) is 4.79 Å². The smallest absolute Gasteiger partial charge is 0.337 e. The van der Waals surface area contributed by atoms with Gasteiger partial charge < -0.3 is 9.72 Å². The van der Waals surface area contributed by atoms with E-state index in [1.165, 1.54) is 34.8 Å². The number of aromatic nitrogens is 1. The quantitative estimate of drug-likeness (QED) is 0.735. The van der Waals surface area contributed by atoms with Crippen LogP contribution >= 0.6 is 0 Å². The van der Waals surface area contributed by atoms with Crippen LogP contribution in [0.2, 0.25) is 0 Å². The molecule has 0 amide bonds. The second kappa shape index (κ2) is 5.80. The second-order valence-corrected chi connectivity index (χ2v) is 6.31. The van der Waals surface area contributed by atoms with Crippen LogP contribution < -0.4 is 0 Å². The fraction of sp³-hybridized carbons (Fsp3) is 0.250. The maximum Gasteiger partial charge on any atom is 0.337 e. The molecule has 3 aromatic rings. The zero-order chi connectivity index (χ0) is 16.7. The molecule has 1 unspecified atom stereocenters. The zero-order valence-electron chi connectivity index (χ0n) is 13.9. The summed E-state index contributed by atoms with van der Waals surface area (Å²) in [5.74, 6) is -0.301. The third-order valence-corrected chi connectivity index (χ3v) is 4.92. The number of nitrogens with one attached hydrogen (secondary N) is 1. The molecule has 4 nitrogen and oxygen atoms in total. The van der Waals surface area contributed by atoms with Crippen molar-refractivity contribution in [2.24, 2.45) is 0 Å². The summed E-state index contributed by atoms with van der Waals surface area (Å²) in [5.41, 5.74) is 5.62. The maximum atomic E-state index is 11.6. The summed E-state index contributed by atoms with van der Waals surface area (Å²) in [6, 6.07) is 16.4. The van der Waals surface area contributed by atoms with Crippen molar-refractivity contribution in [2.75, 3.05) is 20.7 Å². The highest BCUT2D eigenvalue weighted by Gasteiger charge is 2.29. The van der Waals surface area contributed by atoms with Gasteiger partial charge in [0.1, 0.15) is 0 Å². The van der Waals surface area contributed by atoms with Crippen molar-refractivity contribution < 1.29 is 9.53 Å². The van der Waals surface area contributed by atoms with Gasteiger partial charge in [0.2, 0.25) is 0 Å². The predicted molar refractivity (Wildman–Crippen MR) is 94.3 cm³/mol. The fourth-order valence-corrected chi connectivity index (χ4v) is 3.70. The molecule has 0 bridgehead atoms. The number of likely N-dealkylation sites (N-methyl/N-ethyl adjacent to an activating group) is 1. The van der Waals surface area contributed by atoms with Crippen LogP contribution in [-0.2, 0) is 11.2 Å². The van der Waals surface area contributed by atoms with Crippen LogP contribution in [0.15, 0.2) is 48.5 Å². The molecule has 0 spiro atoms. The van der Waals surface area contributed by atoms with Crippen LogP contribution in [0.5, 0.6) is 0 Å². The van der Waals surface area contributed by atoms with E-state index in [0.717, 1.165) is 13.0 Å². The lowest BCUT2D eigenvalue weighted by molar-refractivity contribution is 0.0600. The first-order valence-electron chi connectivity index (χ1n) is 8.17. The molecule has 4 rings (SSSR count). The van der Waals surface area contributed by atoms with Crippen LogP contribution in [0, 0.1) is 0 Å². The number of aromatic amines is 1. The normalized spacial score (nSPS) is 17.7. The van der Waals surface area contributed by atoms with Crippen LogP contribution in [0.3, 0.4) is 0 Å². The molecule has 1 aromatic heterocycles. The highest BCUT2D eigenvalue weighted by molar-refractivity contribution is 5.89. The SMILES string of the molecule is COC(=O)c1ccc(C2c3[nH]c4ccccc4c3CCN2C)cc1. The average Bonchev–Trinajstić information content (AvgIpc) is 2.99. The van der Waals surface area contributed by atoms with Gasteiger partial charge in [0.25, 0.3) is 0 Å². The summed E-state index contributed by atoms with van der Waals surface area (Å²) in [4.78, 5) is 17.6. The van der Waals surface area contributed by atoms with Gasteiger partial charge >= 0.3 is 5.97 Å². The van der Waals surface area contributed by atoms with Crippen molar-refractivity contribution in [1.29, 1.82) is 0 Å². The van der Waals surface area contributed by atoms with Crippen LogP contribution in [-0.4, -0.2) is 36.6 Å². The van der Waals surface area contributed by atoms with Crippen molar-refractivity contribution in [3.63, 3.8) is 0 Å². The molecule has 1 aliphatic heterocycles.